The zero-order valence-corrected chi connectivity index (χ0v) is 14.1. The molecular formula is C15H15Cl2N3O3. The third-order valence-corrected chi connectivity index (χ3v) is 4.06. The summed E-state index contributed by atoms with van der Waals surface area (Å²) in [5.74, 6) is -0.0442. The van der Waals surface area contributed by atoms with Gasteiger partial charge >= 0.3 is 0 Å². The van der Waals surface area contributed by atoms with Crippen LogP contribution in [0.4, 0.5) is 0 Å². The molecule has 0 unspecified atom stereocenters. The van der Waals surface area contributed by atoms with E-state index in [0.717, 1.165) is 0 Å². The monoisotopic (exact) mass is 355 g/mol. The molecule has 0 aliphatic carbocycles. The van der Waals surface area contributed by atoms with E-state index in [1.165, 1.54) is 0 Å². The summed E-state index contributed by atoms with van der Waals surface area (Å²) in [6.07, 6.45) is 0. The lowest BCUT2D eigenvalue weighted by molar-refractivity contribution is 0.0944. The Morgan fingerprint density at radius 1 is 1.35 bits per heavy atom. The van der Waals surface area contributed by atoms with Crippen LogP contribution in [0.5, 0.6) is 5.75 Å². The summed E-state index contributed by atoms with van der Waals surface area (Å²) in [6, 6.07) is 5.04. The number of rotatable bonds is 5. The van der Waals surface area contributed by atoms with E-state index in [9.17, 15) is 9.59 Å². The van der Waals surface area contributed by atoms with Crippen molar-refractivity contribution < 1.29 is 9.53 Å². The third kappa shape index (κ3) is 4.03. The first-order valence-electron chi connectivity index (χ1n) is 6.82. The molecule has 122 valence electrons. The zero-order chi connectivity index (χ0) is 17.0. The van der Waals surface area contributed by atoms with Crippen molar-refractivity contribution in [3.8, 4) is 5.75 Å². The van der Waals surface area contributed by atoms with Gasteiger partial charge < -0.3 is 10.1 Å². The van der Waals surface area contributed by atoms with Crippen molar-refractivity contribution in [2.45, 2.75) is 13.8 Å². The molecule has 0 aliphatic heterocycles. The van der Waals surface area contributed by atoms with Crippen molar-refractivity contribution in [1.82, 2.24) is 15.5 Å². The smallest absolute Gasteiger partial charge is 0.277 e. The van der Waals surface area contributed by atoms with Gasteiger partial charge in [-0.3, -0.25) is 9.59 Å². The number of nitrogens with one attached hydrogen (secondary N) is 2. The van der Waals surface area contributed by atoms with Crippen LogP contribution >= 0.6 is 23.2 Å². The zero-order valence-electron chi connectivity index (χ0n) is 12.6. The van der Waals surface area contributed by atoms with E-state index in [-0.39, 0.29) is 18.7 Å². The minimum absolute atomic E-state index is 0.0540. The molecule has 1 aromatic heterocycles. The summed E-state index contributed by atoms with van der Waals surface area (Å²) in [6.45, 7) is 3.79. The number of H-pyrrole nitrogens is 1. The highest BCUT2D eigenvalue weighted by atomic mass is 35.5. The van der Waals surface area contributed by atoms with Crippen molar-refractivity contribution in [3.63, 3.8) is 0 Å². The lowest BCUT2D eigenvalue weighted by atomic mass is 10.1. The molecule has 0 fully saturated rings. The molecule has 1 heterocycles. The van der Waals surface area contributed by atoms with Gasteiger partial charge in [0.15, 0.2) is 0 Å². The Bertz CT molecular complexity index is 790. The Kier molecular flexibility index (Phi) is 5.63. The van der Waals surface area contributed by atoms with Crippen molar-refractivity contribution in [1.29, 1.82) is 0 Å². The Labute approximate surface area is 142 Å². The normalized spacial score (nSPS) is 10.4. The maximum Gasteiger partial charge on any atom is 0.277 e. The van der Waals surface area contributed by atoms with Crippen LogP contribution in [-0.4, -0.2) is 29.3 Å². The molecule has 23 heavy (non-hydrogen) atoms. The molecule has 6 nitrogen and oxygen atoms in total. The second-order valence-corrected chi connectivity index (χ2v) is 5.58. The summed E-state index contributed by atoms with van der Waals surface area (Å²) in [5.41, 5.74) is 0.671. The number of halogens is 2. The first kappa shape index (κ1) is 17.3. The molecule has 0 aliphatic rings. The molecule has 2 aromatic rings. The van der Waals surface area contributed by atoms with E-state index in [4.69, 9.17) is 27.9 Å². The molecule has 0 atom stereocenters. The maximum absolute atomic E-state index is 12.1. The molecule has 8 heteroatoms. The molecule has 0 saturated heterocycles. The number of carbonyl (C=O) groups is 1. The van der Waals surface area contributed by atoms with Crippen molar-refractivity contribution in [3.05, 3.63) is 55.4 Å². The number of hydrogen-bond donors (Lipinski definition) is 2. The predicted octanol–water partition coefficient (Wildman–Crippen LogP) is 2.50. The highest BCUT2D eigenvalue weighted by Crippen LogP contribution is 2.31. The number of aryl methyl sites for hydroxylation is 1. The van der Waals surface area contributed by atoms with Gasteiger partial charge in [-0.05, 0) is 31.5 Å². The number of benzene rings is 1. The minimum Gasteiger partial charge on any atom is -0.490 e. The van der Waals surface area contributed by atoms with E-state index in [0.29, 0.717) is 27.1 Å². The lowest BCUT2D eigenvalue weighted by Crippen LogP contribution is -2.34. The second kappa shape index (κ2) is 7.48. The summed E-state index contributed by atoms with van der Waals surface area (Å²) in [5, 5.41) is 9.43. The summed E-state index contributed by atoms with van der Waals surface area (Å²) in [4.78, 5) is 23.8. The first-order chi connectivity index (χ1) is 10.9. The molecular weight excluding hydrogens is 341 g/mol. The van der Waals surface area contributed by atoms with Crippen LogP contribution in [0.15, 0.2) is 23.0 Å². The Hall–Kier alpha value is -2.05. The van der Waals surface area contributed by atoms with Crippen LogP contribution in [0, 0.1) is 13.8 Å². The van der Waals surface area contributed by atoms with Crippen molar-refractivity contribution in [2.24, 2.45) is 0 Å². The fourth-order valence-corrected chi connectivity index (χ4v) is 2.25. The number of nitrogens with zero attached hydrogens (tertiary/aromatic N) is 1. The van der Waals surface area contributed by atoms with Crippen molar-refractivity contribution in [2.75, 3.05) is 13.2 Å². The van der Waals surface area contributed by atoms with Gasteiger partial charge in [-0.1, -0.05) is 29.3 Å². The van der Waals surface area contributed by atoms with Gasteiger partial charge in [-0.15, -0.1) is 0 Å². The van der Waals surface area contributed by atoms with E-state index < -0.39 is 11.5 Å². The second-order valence-electron chi connectivity index (χ2n) is 4.79. The average molecular weight is 356 g/mol. The maximum atomic E-state index is 12.1. The predicted molar refractivity (Wildman–Crippen MR) is 88.6 cm³/mol. The molecule has 1 amide bonds. The van der Waals surface area contributed by atoms with Crippen molar-refractivity contribution >= 4 is 29.1 Å². The fourth-order valence-electron chi connectivity index (χ4n) is 1.91. The highest BCUT2D eigenvalue weighted by Gasteiger charge is 2.15. The molecule has 0 spiro atoms. The van der Waals surface area contributed by atoms with Gasteiger partial charge in [-0.2, -0.15) is 5.10 Å². The molecule has 2 N–H and O–H groups in total. The molecule has 2 rings (SSSR count). The van der Waals surface area contributed by atoms with Crippen LogP contribution in [-0.2, 0) is 0 Å². The molecule has 1 aromatic carbocycles. The molecule has 0 saturated carbocycles. The van der Waals surface area contributed by atoms with E-state index in [1.807, 2.05) is 0 Å². The van der Waals surface area contributed by atoms with Crippen LogP contribution in [0.3, 0.4) is 0 Å². The van der Waals surface area contributed by atoms with E-state index in [1.54, 1.807) is 32.0 Å². The number of ether oxygens (including phenoxy) is 1. The van der Waals surface area contributed by atoms with Crippen LogP contribution in [0.2, 0.25) is 10.0 Å². The largest absolute Gasteiger partial charge is 0.490 e. The van der Waals surface area contributed by atoms with Gasteiger partial charge in [0.05, 0.1) is 17.3 Å². The quantitative estimate of drug-likeness (QED) is 0.807. The number of carbonyl (C=O) groups excluding carboxylic acids is 1. The average Bonchev–Trinajstić information content (AvgIpc) is 2.52. The number of aromatic nitrogens is 2. The van der Waals surface area contributed by atoms with Crippen LogP contribution < -0.4 is 15.6 Å². The highest BCUT2D eigenvalue weighted by molar-refractivity contribution is 6.42. The van der Waals surface area contributed by atoms with E-state index in [2.05, 4.69) is 15.5 Å². The number of aromatic amines is 1. The summed E-state index contributed by atoms with van der Waals surface area (Å²) < 4.78 is 5.46. The number of amides is 1. The summed E-state index contributed by atoms with van der Waals surface area (Å²) >= 11 is 11.9. The van der Waals surface area contributed by atoms with Gasteiger partial charge in [0.2, 0.25) is 0 Å². The van der Waals surface area contributed by atoms with Gasteiger partial charge in [-0.25, -0.2) is 5.10 Å². The first-order valence-corrected chi connectivity index (χ1v) is 7.58. The van der Waals surface area contributed by atoms with Crippen LogP contribution in [0.25, 0.3) is 0 Å². The number of hydrogen-bond acceptors (Lipinski definition) is 4. The Morgan fingerprint density at radius 3 is 2.83 bits per heavy atom. The molecule has 0 bridgehead atoms. The Balaban J connectivity index is 1.95. The fraction of sp³-hybridized carbons (Fsp3) is 0.267. The van der Waals surface area contributed by atoms with Crippen LogP contribution in [0.1, 0.15) is 21.6 Å². The van der Waals surface area contributed by atoms with E-state index >= 15 is 0 Å². The van der Waals surface area contributed by atoms with Gasteiger partial charge in [0, 0.05) is 0 Å². The topological polar surface area (TPSA) is 84.1 Å². The van der Waals surface area contributed by atoms with Gasteiger partial charge in [0.25, 0.3) is 11.5 Å². The third-order valence-electron chi connectivity index (χ3n) is 3.26. The Morgan fingerprint density at radius 2 is 2.09 bits per heavy atom. The minimum atomic E-state index is -0.524. The summed E-state index contributed by atoms with van der Waals surface area (Å²) in [7, 11) is 0. The SMILES string of the molecule is Cc1n[nH]c(=O)c(C(=O)NCCOc2cccc(Cl)c2Cl)c1C. The van der Waals surface area contributed by atoms with Gasteiger partial charge in [0.1, 0.15) is 22.9 Å². The molecule has 0 radical (unpaired) electrons. The lowest BCUT2D eigenvalue weighted by Gasteiger charge is -2.10. The standard InChI is InChI=1S/C15H15Cl2N3O3/c1-8-9(2)19-20-15(22)12(8)14(21)18-6-7-23-11-5-3-4-10(16)13(11)17/h3-5H,6-7H2,1-2H3,(H,18,21)(H,20,22).